The molecule has 1 aliphatic rings. The Labute approximate surface area is 149 Å². The van der Waals surface area contributed by atoms with Gasteiger partial charge in [-0.2, -0.15) is 11.8 Å². The summed E-state index contributed by atoms with van der Waals surface area (Å²) in [6.07, 6.45) is 2.94. The van der Waals surface area contributed by atoms with Gasteiger partial charge in [-0.15, -0.1) is 0 Å². The summed E-state index contributed by atoms with van der Waals surface area (Å²) < 4.78 is 1.32. The summed E-state index contributed by atoms with van der Waals surface area (Å²) in [6, 6.07) is 3.36. The highest BCUT2D eigenvalue weighted by atomic mass is 35.5. The zero-order valence-corrected chi connectivity index (χ0v) is 14.9. The minimum Gasteiger partial charge on any atom is -0.392 e. The van der Waals surface area contributed by atoms with Gasteiger partial charge in [0.25, 0.3) is 5.56 Å². The molecule has 24 heavy (non-hydrogen) atoms. The first-order chi connectivity index (χ1) is 11.5. The summed E-state index contributed by atoms with van der Waals surface area (Å²) in [4.78, 5) is 29.1. The van der Waals surface area contributed by atoms with Crippen LogP contribution >= 0.6 is 23.4 Å². The van der Waals surface area contributed by atoms with Crippen LogP contribution in [-0.4, -0.2) is 45.4 Å². The molecule has 0 radical (unpaired) electrons. The highest BCUT2D eigenvalue weighted by Gasteiger charge is 2.26. The smallest absolute Gasteiger partial charge is 0.261 e. The monoisotopic (exact) mass is 364 g/mol. The van der Waals surface area contributed by atoms with Crippen LogP contribution in [-0.2, 0) is 11.3 Å². The predicted octanol–water partition coefficient (Wildman–Crippen LogP) is 0.524. The predicted molar refractivity (Wildman–Crippen MR) is 100 cm³/mol. The maximum Gasteiger partial charge on any atom is 0.261 e. The fraction of sp³-hybridized carbons (Fsp3) is 0.438. The van der Waals surface area contributed by atoms with Crippen LogP contribution in [0.1, 0.15) is 19.3 Å². The molecular weight excluding hydrogens is 347 g/mol. The van der Waals surface area contributed by atoms with Crippen LogP contribution in [0.25, 0.3) is 10.9 Å². The number of rotatable bonds is 4. The van der Waals surface area contributed by atoms with Crippen LogP contribution in [0, 0.1) is 0 Å². The molecule has 1 saturated heterocycles. The average molecular weight is 365 g/mol. The Kier molecular flexibility index (Phi) is 5.32. The molecule has 0 spiro atoms. The van der Waals surface area contributed by atoms with E-state index in [4.69, 9.17) is 11.6 Å². The molecule has 3 rings (SSSR count). The summed E-state index contributed by atoms with van der Waals surface area (Å²) in [6.45, 7) is -0.0307. The molecule has 1 aliphatic heterocycles. The molecular formula is C16H18BClN2O3S. The number of ketones is 1. The molecule has 0 saturated carbocycles. The van der Waals surface area contributed by atoms with Crippen LogP contribution in [0.2, 0.25) is 5.02 Å². The maximum atomic E-state index is 12.5. The number of aliphatic hydroxyl groups excluding tert-OH is 1. The summed E-state index contributed by atoms with van der Waals surface area (Å²) in [7, 11) is 1.85. The van der Waals surface area contributed by atoms with E-state index in [0.717, 1.165) is 24.1 Å². The zero-order chi connectivity index (χ0) is 17.3. The molecule has 8 heteroatoms. The number of nitrogens with zero attached hydrogens (tertiary/aromatic N) is 2. The second-order valence-electron chi connectivity index (χ2n) is 6.16. The summed E-state index contributed by atoms with van der Waals surface area (Å²) in [5.41, 5.74) is 1.16. The lowest BCUT2D eigenvalue weighted by atomic mass is 9.95. The lowest BCUT2D eigenvalue weighted by molar-refractivity contribution is -0.120. The molecule has 1 fully saturated rings. The van der Waals surface area contributed by atoms with Gasteiger partial charge in [-0.25, -0.2) is 4.98 Å². The Morgan fingerprint density at radius 3 is 3.04 bits per heavy atom. The molecule has 1 N–H and O–H groups in total. The van der Waals surface area contributed by atoms with Crippen LogP contribution < -0.4 is 11.0 Å². The van der Waals surface area contributed by atoms with E-state index < -0.39 is 6.10 Å². The lowest BCUT2D eigenvalue weighted by Crippen LogP contribution is -2.32. The first-order valence-corrected chi connectivity index (χ1v) is 9.35. The van der Waals surface area contributed by atoms with E-state index in [1.54, 1.807) is 23.9 Å². The van der Waals surface area contributed by atoms with Gasteiger partial charge in [0, 0.05) is 16.7 Å². The van der Waals surface area contributed by atoms with Crippen molar-refractivity contribution in [3.8, 4) is 0 Å². The van der Waals surface area contributed by atoms with E-state index >= 15 is 0 Å². The second-order valence-corrected chi connectivity index (χ2v) is 7.91. The Bertz CT molecular complexity index is 842. The van der Waals surface area contributed by atoms with E-state index in [9.17, 15) is 14.7 Å². The minimum absolute atomic E-state index is 0.0307. The fourth-order valence-electron chi connectivity index (χ4n) is 2.89. The second kappa shape index (κ2) is 7.29. The normalized spacial score (nSPS) is 21.1. The van der Waals surface area contributed by atoms with Crippen LogP contribution in [0.3, 0.4) is 0 Å². The molecule has 2 atom stereocenters. The van der Waals surface area contributed by atoms with Gasteiger partial charge in [0.05, 0.1) is 29.9 Å². The number of carbonyl (C=O) groups is 1. The van der Waals surface area contributed by atoms with E-state index in [2.05, 4.69) is 4.98 Å². The molecule has 126 valence electrons. The van der Waals surface area contributed by atoms with Crippen molar-refractivity contribution in [3.05, 3.63) is 33.8 Å². The maximum absolute atomic E-state index is 12.5. The number of aromatic nitrogens is 2. The first-order valence-electron chi connectivity index (χ1n) is 7.92. The van der Waals surface area contributed by atoms with Gasteiger partial charge in [0.1, 0.15) is 7.85 Å². The molecule has 0 bridgehead atoms. The number of thioether (sulfide) groups is 1. The molecule has 0 amide bonds. The van der Waals surface area contributed by atoms with Crippen LogP contribution in [0.4, 0.5) is 0 Å². The van der Waals surface area contributed by atoms with Crippen molar-refractivity contribution in [3.63, 3.8) is 0 Å². The van der Waals surface area contributed by atoms with Gasteiger partial charge in [0.15, 0.2) is 5.78 Å². The van der Waals surface area contributed by atoms with Crippen LogP contribution in [0.15, 0.2) is 23.3 Å². The van der Waals surface area contributed by atoms with Crippen molar-refractivity contribution in [1.82, 2.24) is 9.55 Å². The van der Waals surface area contributed by atoms with E-state index in [1.165, 1.54) is 10.9 Å². The lowest BCUT2D eigenvalue weighted by Gasteiger charge is -2.26. The molecule has 0 aliphatic carbocycles. The average Bonchev–Trinajstić information content (AvgIpc) is 2.54. The number of carbonyl (C=O) groups excluding carboxylic acids is 1. The Hall–Kier alpha value is -1.31. The van der Waals surface area contributed by atoms with E-state index in [1.807, 2.05) is 7.85 Å². The molecule has 1 aromatic carbocycles. The topological polar surface area (TPSA) is 72.2 Å². The van der Waals surface area contributed by atoms with Gasteiger partial charge in [-0.3, -0.25) is 14.2 Å². The zero-order valence-electron chi connectivity index (χ0n) is 13.4. The molecule has 2 aromatic rings. The van der Waals surface area contributed by atoms with Gasteiger partial charge in [0.2, 0.25) is 0 Å². The van der Waals surface area contributed by atoms with Gasteiger partial charge in [-0.05, 0) is 30.7 Å². The third-order valence-corrected chi connectivity index (χ3v) is 6.13. The molecule has 2 heterocycles. The number of fused-ring (bicyclic) bond motifs is 1. The van der Waals surface area contributed by atoms with Crippen LogP contribution in [0.5, 0.6) is 0 Å². The largest absolute Gasteiger partial charge is 0.392 e. The number of Topliss-reactive ketones (excluding diaryl/α,β-unsaturated/α-hetero) is 1. The number of benzene rings is 1. The van der Waals surface area contributed by atoms with Gasteiger partial charge < -0.3 is 5.11 Å². The van der Waals surface area contributed by atoms with Crippen molar-refractivity contribution < 1.29 is 9.90 Å². The van der Waals surface area contributed by atoms with Crippen molar-refractivity contribution in [2.45, 2.75) is 37.2 Å². The molecule has 0 unspecified atom stereocenters. The van der Waals surface area contributed by atoms with Gasteiger partial charge >= 0.3 is 0 Å². The fourth-order valence-corrected chi connectivity index (χ4v) is 4.36. The summed E-state index contributed by atoms with van der Waals surface area (Å²) in [5.74, 6) is 0.888. The number of hydrogen-bond acceptors (Lipinski definition) is 5. The van der Waals surface area contributed by atoms with Crippen molar-refractivity contribution in [2.24, 2.45) is 0 Å². The number of aliphatic hydroxyl groups is 1. The Balaban J connectivity index is 1.79. The third kappa shape index (κ3) is 3.68. The van der Waals surface area contributed by atoms with Crippen molar-refractivity contribution in [1.29, 1.82) is 0 Å². The first kappa shape index (κ1) is 17.5. The standard InChI is InChI=1S/C16H18BClN2O3S/c17-11-6-13-10(5-12(11)18)16(23)20(8-19-13)7-9(21)4-15-14(22)2-1-3-24-15/h5-6,8,14-15,22H,1-4,7,17H2/t14-,15+/m0/s1. The summed E-state index contributed by atoms with van der Waals surface area (Å²) >= 11 is 7.72. The van der Waals surface area contributed by atoms with Gasteiger partial charge in [-0.1, -0.05) is 17.1 Å². The summed E-state index contributed by atoms with van der Waals surface area (Å²) in [5, 5.41) is 10.8. The third-order valence-electron chi connectivity index (χ3n) is 4.29. The van der Waals surface area contributed by atoms with E-state index in [0.29, 0.717) is 15.9 Å². The molecule has 1 aromatic heterocycles. The number of halogens is 1. The number of hydrogen-bond donors (Lipinski definition) is 1. The molecule has 5 nitrogen and oxygen atoms in total. The van der Waals surface area contributed by atoms with Crippen molar-refractivity contribution >= 4 is 53.4 Å². The highest BCUT2D eigenvalue weighted by Crippen LogP contribution is 2.28. The SMILES string of the molecule is Bc1cc2ncn(CC(=O)C[C@H]3SCCC[C@@H]3O)c(=O)c2cc1Cl. The highest BCUT2D eigenvalue weighted by molar-refractivity contribution is 8.00. The van der Waals surface area contributed by atoms with Crippen molar-refractivity contribution in [2.75, 3.05) is 5.75 Å². The minimum atomic E-state index is -0.444. The quantitative estimate of drug-likeness (QED) is 0.801. The Morgan fingerprint density at radius 1 is 1.50 bits per heavy atom. The van der Waals surface area contributed by atoms with E-state index in [-0.39, 0.29) is 29.6 Å². The Morgan fingerprint density at radius 2 is 2.29 bits per heavy atom.